The average molecular weight is 256 g/mol. The predicted octanol–water partition coefficient (Wildman–Crippen LogP) is -6.62. The minimum absolute atomic E-state index is 0. The molecule has 0 amide bonds. The quantitative estimate of drug-likeness (QED) is 0.457. The van der Waals surface area contributed by atoms with E-state index in [-0.39, 0.29) is 39.5 Å². The molecule has 0 saturated heterocycles. The first-order valence-corrected chi connectivity index (χ1v) is 3.06. The third-order valence-electron chi connectivity index (χ3n) is 0.682. The van der Waals surface area contributed by atoms with Gasteiger partial charge in [-0.3, -0.25) is 0 Å². The molecule has 0 fully saturated rings. The van der Waals surface area contributed by atoms with Gasteiger partial charge < -0.3 is 46.4 Å². The molecule has 0 saturated carbocycles. The number of rotatable bonds is 2. The van der Waals surface area contributed by atoms with Gasteiger partial charge in [0.2, 0.25) is 0 Å². The number of carbonyl (C=O) groups is 2. The van der Waals surface area contributed by atoms with Gasteiger partial charge in [0, 0.05) is 0 Å². The van der Waals surface area contributed by atoms with Crippen molar-refractivity contribution >= 4 is 35.0 Å². The van der Waals surface area contributed by atoms with E-state index >= 15 is 0 Å². The molecule has 0 spiro atoms. The molecule has 0 aliphatic rings. The molecule has 10 heteroatoms. The van der Waals surface area contributed by atoms with Crippen molar-refractivity contribution in [1.82, 2.24) is 0 Å². The van der Waals surface area contributed by atoms with E-state index < -0.39 is 24.1 Å². The first-order valence-electron chi connectivity index (χ1n) is 3.06. The second-order valence-electron chi connectivity index (χ2n) is 1.99. The van der Waals surface area contributed by atoms with Crippen LogP contribution in [0.15, 0.2) is 0 Å². The van der Waals surface area contributed by atoms with Crippen molar-refractivity contribution in [3.8, 4) is 0 Å². The van der Waals surface area contributed by atoms with Crippen LogP contribution in [0.2, 0.25) is 0 Å². The maximum atomic E-state index is 9.34. The van der Waals surface area contributed by atoms with Gasteiger partial charge in [-0.15, -0.1) is 0 Å². The number of hydrogen-bond acceptors (Lipinski definition) is 6. The van der Waals surface area contributed by atoms with Crippen LogP contribution in [0.5, 0.6) is 0 Å². The molecule has 0 aromatic heterocycles. The summed E-state index contributed by atoms with van der Waals surface area (Å²) in [5.41, 5.74) is 0. The van der Waals surface area contributed by atoms with Crippen LogP contribution >= 0.6 is 0 Å². The van der Waals surface area contributed by atoms with Crippen LogP contribution in [-0.2, 0) is 9.59 Å². The van der Waals surface area contributed by atoms with Gasteiger partial charge in [-0.1, -0.05) is 0 Å². The summed E-state index contributed by atoms with van der Waals surface area (Å²) < 4.78 is 0. The van der Waals surface area contributed by atoms with E-state index in [1.807, 2.05) is 0 Å². The Balaban J connectivity index is -0.0000000250. The number of aliphatic carboxylic acids is 2. The number of aliphatic hydroxyl groups excluding tert-OH is 2. The summed E-state index contributed by atoms with van der Waals surface area (Å²) in [7, 11) is 0. The number of carboxylic acids is 2. The minimum atomic E-state index is -1.44. The minimum Gasteiger partial charge on any atom is -0.547 e. The molecule has 0 aromatic rings. The normalized spacial score (nSPS) is 10.2. The molecule has 2 unspecified atom stereocenters. The summed E-state index contributed by atoms with van der Waals surface area (Å²) in [6, 6.07) is 0. The Labute approximate surface area is 108 Å². The Morgan fingerprint density at radius 2 is 0.938 bits per heavy atom. The van der Waals surface area contributed by atoms with Crippen molar-refractivity contribution in [3.63, 3.8) is 0 Å². The molecule has 0 bridgehead atoms. The zero-order chi connectivity index (χ0) is 10.3. The summed E-state index contributed by atoms with van der Waals surface area (Å²) in [5, 5.41) is 34.6. The van der Waals surface area contributed by atoms with E-state index in [1.165, 1.54) is 0 Å². The van der Waals surface area contributed by atoms with Crippen LogP contribution in [0, 0.1) is 0 Å². The molecule has 0 aromatic carbocycles. The van der Waals surface area contributed by atoms with Gasteiger partial charge in [0.15, 0.2) is 0 Å². The molecule has 96 valence electrons. The van der Waals surface area contributed by atoms with Crippen LogP contribution in [-0.4, -0.2) is 73.8 Å². The smallest absolute Gasteiger partial charge is 0.547 e. The summed E-state index contributed by atoms with van der Waals surface area (Å²) in [4.78, 5) is 18.7. The molecule has 0 rings (SSSR count). The van der Waals surface area contributed by atoms with Gasteiger partial charge in [0.1, 0.15) is 0 Å². The number of hydrogen-bond donors (Lipinski definition) is 2. The zero-order valence-corrected chi connectivity index (χ0v) is 10.3. The Morgan fingerprint density at radius 1 is 0.875 bits per heavy atom. The molecule has 16 heavy (non-hydrogen) atoms. The van der Waals surface area contributed by atoms with Crippen molar-refractivity contribution in [2.75, 3.05) is 0 Å². The summed E-state index contributed by atoms with van der Waals surface area (Å²) in [5.74, 6) is -2.87. The molecule has 8 N–H and O–H groups in total. The largest absolute Gasteiger partial charge is 2.00 e. The third-order valence-corrected chi connectivity index (χ3v) is 0.682. The van der Waals surface area contributed by atoms with Crippen molar-refractivity contribution < 1.29 is 46.4 Å². The van der Waals surface area contributed by atoms with Gasteiger partial charge in [0.05, 0.1) is 24.1 Å². The fourth-order valence-electron chi connectivity index (χ4n) is 0. The van der Waals surface area contributed by atoms with E-state index in [2.05, 4.69) is 0 Å². The summed E-state index contributed by atoms with van der Waals surface area (Å²) in [6.07, 6.45) is -2.69. The fraction of sp³-hybridized carbons (Fsp3) is 0.667. The van der Waals surface area contributed by atoms with E-state index in [9.17, 15) is 19.8 Å². The molecule has 0 radical (unpaired) electrons. The van der Waals surface area contributed by atoms with Crippen molar-refractivity contribution in [3.05, 3.63) is 0 Å². The Kier molecular flexibility index (Phi) is 45.1. The summed E-state index contributed by atoms with van der Waals surface area (Å²) in [6.45, 7) is 2.27. The van der Waals surface area contributed by atoms with E-state index in [0.29, 0.717) is 0 Å². The van der Waals surface area contributed by atoms with Crippen molar-refractivity contribution in [1.29, 1.82) is 0 Å². The molecule has 0 heterocycles. The Bertz CT molecular complexity index is 140. The SMILES string of the molecule is CC(O)C(=O)[O-].CC(O)C(=O)[O-].O.O.O.[Mg+2]. The maximum absolute atomic E-state index is 9.34. The first kappa shape index (κ1) is 36.1. The topological polar surface area (TPSA) is 215 Å². The number of carboxylic acid groups (broad SMARTS) is 2. The molecular weight excluding hydrogens is 240 g/mol. The summed E-state index contributed by atoms with van der Waals surface area (Å²) >= 11 is 0. The molecule has 0 aliphatic carbocycles. The van der Waals surface area contributed by atoms with Gasteiger partial charge >= 0.3 is 23.1 Å². The molecule has 9 nitrogen and oxygen atoms in total. The van der Waals surface area contributed by atoms with Crippen LogP contribution in [0.4, 0.5) is 0 Å². The standard InChI is InChI=1S/2C3H6O3.Mg.3H2O/c2*1-2(4)3(5)6;;;;/h2*2,4H,1H3,(H,5,6);;3*1H2/q;;+2;;;/p-2. The van der Waals surface area contributed by atoms with Gasteiger partial charge in [-0.2, -0.15) is 0 Å². The van der Waals surface area contributed by atoms with Crippen LogP contribution in [0.25, 0.3) is 0 Å². The number of carbonyl (C=O) groups excluding carboxylic acids is 2. The first-order chi connectivity index (χ1) is 5.29. The number of aliphatic hydroxyl groups is 2. The zero-order valence-electron chi connectivity index (χ0n) is 8.89. The van der Waals surface area contributed by atoms with E-state index in [1.54, 1.807) is 0 Å². The molecule has 2 atom stereocenters. The van der Waals surface area contributed by atoms with Gasteiger partial charge in [-0.05, 0) is 13.8 Å². The second kappa shape index (κ2) is 20.0. The van der Waals surface area contributed by atoms with Crippen LogP contribution in [0.3, 0.4) is 0 Å². The monoisotopic (exact) mass is 256 g/mol. The second-order valence-corrected chi connectivity index (χ2v) is 1.99. The average Bonchev–Trinajstić information content (AvgIpc) is 1.88. The molecular formula is C6H16MgO9. The van der Waals surface area contributed by atoms with Crippen LogP contribution in [0.1, 0.15) is 13.8 Å². The fourth-order valence-corrected chi connectivity index (χ4v) is 0. The maximum Gasteiger partial charge on any atom is 2.00 e. The Hall–Kier alpha value is -0.494. The van der Waals surface area contributed by atoms with Gasteiger partial charge in [-0.25, -0.2) is 0 Å². The Morgan fingerprint density at radius 3 is 0.938 bits per heavy atom. The van der Waals surface area contributed by atoms with E-state index in [4.69, 9.17) is 10.2 Å². The van der Waals surface area contributed by atoms with Crippen molar-refractivity contribution in [2.24, 2.45) is 0 Å². The van der Waals surface area contributed by atoms with Gasteiger partial charge in [0.25, 0.3) is 0 Å². The van der Waals surface area contributed by atoms with Crippen LogP contribution < -0.4 is 10.2 Å². The van der Waals surface area contributed by atoms with E-state index in [0.717, 1.165) is 13.8 Å². The predicted molar refractivity (Wildman–Crippen MR) is 50.0 cm³/mol. The van der Waals surface area contributed by atoms with Crippen molar-refractivity contribution in [2.45, 2.75) is 26.1 Å². The third kappa shape index (κ3) is 37.5. The molecule has 0 aliphatic heterocycles.